The Morgan fingerprint density at radius 1 is 1.27 bits per heavy atom. The van der Waals surface area contributed by atoms with Crippen LogP contribution in [-0.2, 0) is 14.3 Å². The Hall–Kier alpha value is -1.14. The molecule has 0 aliphatic carbocycles. The van der Waals surface area contributed by atoms with Crippen molar-refractivity contribution < 1.29 is 19.4 Å². The van der Waals surface area contributed by atoms with Crippen molar-refractivity contribution in [2.24, 2.45) is 17.4 Å². The van der Waals surface area contributed by atoms with Crippen molar-refractivity contribution in [1.29, 1.82) is 0 Å². The van der Waals surface area contributed by atoms with Crippen molar-refractivity contribution in [3.63, 3.8) is 0 Å². The Balaban J connectivity index is 4.66. The van der Waals surface area contributed by atoms with Crippen LogP contribution in [-0.4, -0.2) is 28.3 Å². The molecule has 0 radical (unpaired) electrons. The molecule has 15 heavy (non-hydrogen) atoms. The maximum Gasteiger partial charge on any atom is 0.339 e. The van der Waals surface area contributed by atoms with Gasteiger partial charge in [-0.25, -0.2) is 4.79 Å². The molecule has 0 aliphatic heterocycles. The first kappa shape index (κ1) is 13.9. The van der Waals surface area contributed by atoms with E-state index in [1.54, 1.807) is 20.8 Å². The first-order chi connectivity index (χ1) is 6.48. The highest BCUT2D eigenvalue weighted by Crippen LogP contribution is 2.16. The summed E-state index contributed by atoms with van der Waals surface area (Å²) in [6.07, 6.45) is 0. The molecule has 0 fully saturated rings. The molecule has 6 heteroatoms. The standard InChI is InChI=1S/C9H18N2O4/c1-5(9(10,11)7(13)14)6(12)15-8(2,3)4/h5H,10-11H2,1-4H3,(H,13,14)/t5-/m1/s1. The van der Waals surface area contributed by atoms with E-state index < -0.39 is 29.1 Å². The molecule has 1 atom stereocenters. The van der Waals surface area contributed by atoms with E-state index in [9.17, 15) is 9.59 Å². The van der Waals surface area contributed by atoms with Crippen LogP contribution in [0.2, 0.25) is 0 Å². The van der Waals surface area contributed by atoms with Crippen LogP contribution in [0.4, 0.5) is 0 Å². The monoisotopic (exact) mass is 218 g/mol. The maximum absolute atomic E-state index is 11.5. The molecule has 6 nitrogen and oxygen atoms in total. The van der Waals surface area contributed by atoms with Crippen molar-refractivity contribution in [3.05, 3.63) is 0 Å². The summed E-state index contributed by atoms with van der Waals surface area (Å²) in [6, 6.07) is 0. The number of carboxylic acid groups (broad SMARTS) is 1. The van der Waals surface area contributed by atoms with Crippen LogP contribution in [0.15, 0.2) is 0 Å². The molecule has 88 valence electrons. The third-order valence-electron chi connectivity index (χ3n) is 1.85. The molecule has 0 unspecified atom stereocenters. The average Bonchev–Trinajstić information content (AvgIpc) is 1.99. The predicted molar refractivity (Wildman–Crippen MR) is 53.8 cm³/mol. The fourth-order valence-electron chi connectivity index (χ4n) is 0.770. The van der Waals surface area contributed by atoms with Gasteiger partial charge in [0.1, 0.15) is 5.60 Å². The minimum Gasteiger partial charge on any atom is -0.479 e. The zero-order valence-corrected chi connectivity index (χ0v) is 9.40. The Labute approximate surface area is 88.6 Å². The number of ether oxygens (including phenoxy) is 1. The van der Waals surface area contributed by atoms with Gasteiger partial charge in [-0.2, -0.15) is 0 Å². The van der Waals surface area contributed by atoms with Crippen LogP contribution < -0.4 is 11.5 Å². The highest BCUT2D eigenvalue weighted by Gasteiger charge is 2.42. The summed E-state index contributed by atoms with van der Waals surface area (Å²) in [5.74, 6) is -3.29. The van der Waals surface area contributed by atoms with E-state index in [-0.39, 0.29) is 0 Å². The smallest absolute Gasteiger partial charge is 0.339 e. The van der Waals surface area contributed by atoms with Gasteiger partial charge in [0.15, 0.2) is 5.66 Å². The third kappa shape index (κ3) is 3.85. The number of hydrogen-bond donors (Lipinski definition) is 3. The number of rotatable bonds is 3. The van der Waals surface area contributed by atoms with Crippen LogP contribution in [0.5, 0.6) is 0 Å². The SMILES string of the molecule is C[C@H](C(=O)OC(C)(C)C)C(N)(N)C(=O)O. The predicted octanol–water partition coefficient (Wildman–Crippen LogP) is -0.337. The Morgan fingerprint density at radius 2 is 1.67 bits per heavy atom. The number of hydrogen-bond acceptors (Lipinski definition) is 5. The van der Waals surface area contributed by atoms with Crippen LogP contribution in [0.1, 0.15) is 27.7 Å². The summed E-state index contributed by atoms with van der Waals surface area (Å²) in [4.78, 5) is 22.1. The molecule has 0 spiro atoms. The van der Waals surface area contributed by atoms with Crippen molar-refractivity contribution >= 4 is 11.9 Å². The lowest BCUT2D eigenvalue weighted by molar-refractivity contribution is -0.166. The molecule has 0 aromatic carbocycles. The van der Waals surface area contributed by atoms with Gasteiger partial charge in [-0.15, -0.1) is 0 Å². The second-order valence-corrected chi connectivity index (χ2v) is 4.49. The Kier molecular flexibility index (Phi) is 3.84. The van der Waals surface area contributed by atoms with Crippen molar-refractivity contribution in [2.75, 3.05) is 0 Å². The minimum atomic E-state index is -2.11. The molecular formula is C9H18N2O4. The highest BCUT2D eigenvalue weighted by molar-refractivity contribution is 5.86. The third-order valence-corrected chi connectivity index (χ3v) is 1.85. The number of carbonyl (C=O) groups excluding carboxylic acids is 1. The van der Waals surface area contributed by atoms with E-state index in [4.69, 9.17) is 21.3 Å². The summed E-state index contributed by atoms with van der Waals surface area (Å²) in [5, 5.41) is 8.70. The van der Waals surface area contributed by atoms with Crippen LogP contribution >= 0.6 is 0 Å². The molecule has 0 aromatic rings. The van der Waals surface area contributed by atoms with Crippen LogP contribution in [0.3, 0.4) is 0 Å². The van der Waals surface area contributed by atoms with Gasteiger partial charge in [0.05, 0.1) is 5.92 Å². The van der Waals surface area contributed by atoms with Gasteiger partial charge in [0.25, 0.3) is 0 Å². The fraction of sp³-hybridized carbons (Fsp3) is 0.778. The molecule has 5 N–H and O–H groups in total. The van der Waals surface area contributed by atoms with Gasteiger partial charge in [-0.3, -0.25) is 4.79 Å². The number of carboxylic acids is 1. The van der Waals surface area contributed by atoms with E-state index in [2.05, 4.69) is 0 Å². The molecule has 0 heterocycles. The topological polar surface area (TPSA) is 116 Å². The number of carbonyl (C=O) groups is 2. The van der Waals surface area contributed by atoms with Crippen LogP contribution in [0, 0.1) is 5.92 Å². The van der Waals surface area contributed by atoms with E-state index >= 15 is 0 Å². The normalized spacial score (nSPS) is 14.5. The summed E-state index contributed by atoms with van der Waals surface area (Å²) in [7, 11) is 0. The maximum atomic E-state index is 11.5. The number of nitrogens with two attached hydrogens (primary N) is 2. The Morgan fingerprint density at radius 3 is 1.93 bits per heavy atom. The summed E-state index contributed by atoms with van der Waals surface area (Å²) < 4.78 is 4.97. The van der Waals surface area contributed by atoms with Gasteiger partial charge >= 0.3 is 11.9 Å². The molecule has 0 saturated carbocycles. The quantitative estimate of drug-likeness (QED) is 0.441. The van der Waals surface area contributed by atoms with Crippen molar-refractivity contribution in [3.8, 4) is 0 Å². The van der Waals surface area contributed by atoms with Crippen LogP contribution in [0.25, 0.3) is 0 Å². The van der Waals surface area contributed by atoms with Crippen molar-refractivity contribution in [1.82, 2.24) is 0 Å². The zero-order chi connectivity index (χ0) is 12.4. The van der Waals surface area contributed by atoms with Gasteiger partial charge in [0, 0.05) is 0 Å². The molecule has 0 bridgehead atoms. The Bertz CT molecular complexity index is 268. The first-order valence-corrected chi connectivity index (χ1v) is 4.52. The van der Waals surface area contributed by atoms with E-state index in [0.29, 0.717) is 0 Å². The van der Waals surface area contributed by atoms with E-state index in [0.717, 1.165) is 0 Å². The molecule has 0 aliphatic rings. The second-order valence-electron chi connectivity index (χ2n) is 4.49. The van der Waals surface area contributed by atoms with E-state index in [1.165, 1.54) is 6.92 Å². The van der Waals surface area contributed by atoms with Crippen molar-refractivity contribution in [2.45, 2.75) is 39.0 Å². The van der Waals surface area contributed by atoms with Gasteiger partial charge in [-0.05, 0) is 27.7 Å². The number of esters is 1. The summed E-state index contributed by atoms with van der Waals surface area (Å²) >= 11 is 0. The second kappa shape index (κ2) is 4.16. The lowest BCUT2D eigenvalue weighted by Crippen LogP contribution is -2.63. The first-order valence-electron chi connectivity index (χ1n) is 4.52. The molecular weight excluding hydrogens is 200 g/mol. The minimum absolute atomic E-state index is 0.695. The molecule has 0 saturated heterocycles. The molecule has 0 amide bonds. The summed E-state index contributed by atoms with van der Waals surface area (Å²) in [6.45, 7) is 6.34. The lowest BCUT2D eigenvalue weighted by Gasteiger charge is -2.28. The van der Waals surface area contributed by atoms with Gasteiger partial charge in [-0.1, -0.05) is 0 Å². The van der Waals surface area contributed by atoms with Gasteiger partial charge < -0.3 is 21.3 Å². The average molecular weight is 218 g/mol. The largest absolute Gasteiger partial charge is 0.479 e. The summed E-state index contributed by atoms with van der Waals surface area (Å²) in [5.41, 5.74) is 7.80. The van der Waals surface area contributed by atoms with Gasteiger partial charge in [0.2, 0.25) is 0 Å². The zero-order valence-electron chi connectivity index (χ0n) is 9.40. The molecule has 0 rings (SSSR count). The molecule has 0 aromatic heterocycles. The lowest BCUT2D eigenvalue weighted by atomic mass is 9.96. The van der Waals surface area contributed by atoms with E-state index in [1.807, 2.05) is 0 Å². The fourth-order valence-corrected chi connectivity index (χ4v) is 0.770. The number of aliphatic carboxylic acids is 1. The highest BCUT2D eigenvalue weighted by atomic mass is 16.6.